The molecule has 27 heavy (non-hydrogen) atoms. The van der Waals surface area contributed by atoms with Crippen molar-refractivity contribution in [1.82, 2.24) is 14.7 Å². The SMILES string of the molecule is CN(CCn1cc([N+](=O)[O-])cn1)Cc1cc(C(F)(F)F)cc(C(F)(F)F)c1. The van der Waals surface area contributed by atoms with E-state index in [2.05, 4.69) is 5.10 Å². The van der Waals surface area contributed by atoms with Crippen LogP contribution in [0.2, 0.25) is 0 Å². The van der Waals surface area contributed by atoms with E-state index in [1.54, 1.807) is 0 Å². The maximum atomic E-state index is 12.9. The first kappa shape index (κ1) is 20.7. The number of likely N-dealkylation sites (N-methyl/N-ethyl adjacent to an activating group) is 1. The number of nitrogens with zero attached hydrogens (tertiary/aromatic N) is 4. The van der Waals surface area contributed by atoms with Crippen LogP contribution in [0.15, 0.2) is 30.6 Å². The monoisotopic (exact) mass is 396 g/mol. The zero-order valence-electron chi connectivity index (χ0n) is 13.9. The summed E-state index contributed by atoms with van der Waals surface area (Å²) in [6.07, 6.45) is -7.58. The molecule has 0 unspecified atom stereocenters. The van der Waals surface area contributed by atoms with Gasteiger partial charge in [0.15, 0.2) is 0 Å². The molecule has 1 heterocycles. The Balaban J connectivity index is 2.11. The third-order valence-electron chi connectivity index (χ3n) is 3.64. The molecule has 148 valence electrons. The third-order valence-corrected chi connectivity index (χ3v) is 3.64. The Kier molecular flexibility index (Phi) is 5.78. The van der Waals surface area contributed by atoms with E-state index in [-0.39, 0.29) is 37.0 Å². The Bertz CT molecular complexity index is 783. The maximum Gasteiger partial charge on any atom is 0.416 e. The highest BCUT2D eigenvalue weighted by molar-refractivity contribution is 5.33. The predicted molar refractivity (Wildman–Crippen MR) is 81.7 cm³/mol. The van der Waals surface area contributed by atoms with Gasteiger partial charge in [0.05, 0.1) is 22.6 Å². The molecule has 0 atom stereocenters. The highest BCUT2D eigenvalue weighted by Crippen LogP contribution is 2.36. The lowest BCUT2D eigenvalue weighted by Gasteiger charge is -2.19. The van der Waals surface area contributed by atoms with E-state index < -0.39 is 28.4 Å². The summed E-state index contributed by atoms with van der Waals surface area (Å²) in [4.78, 5) is 11.4. The van der Waals surface area contributed by atoms with Crippen molar-refractivity contribution in [2.45, 2.75) is 25.4 Å². The summed E-state index contributed by atoms with van der Waals surface area (Å²) in [6.45, 7) is 0.211. The van der Waals surface area contributed by atoms with Gasteiger partial charge in [0.25, 0.3) is 0 Å². The maximum absolute atomic E-state index is 12.9. The number of aromatic nitrogens is 2. The van der Waals surface area contributed by atoms with Crippen LogP contribution < -0.4 is 0 Å². The van der Waals surface area contributed by atoms with E-state index in [0.717, 1.165) is 6.20 Å². The Hall–Kier alpha value is -2.63. The molecule has 6 nitrogen and oxygen atoms in total. The minimum atomic E-state index is -4.90. The van der Waals surface area contributed by atoms with Gasteiger partial charge in [-0.05, 0) is 30.8 Å². The van der Waals surface area contributed by atoms with Gasteiger partial charge >= 0.3 is 18.0 Å². The van der Waals surface area contributed by atoms with Crippen LogP contribution in [0.1, 0.15) is 16.7 Å². The molecule has 0 aliphatic heterocycles. The second-order valence-electron chi connectivity index (χ2n) is 5.87. The van der Waals surface area contributed by atoms with Crippen LogP contribution in [-0.2, 0) is 25.4 Å². The summed E-state index contributed by atoms with van der Waals surface area (Å²) in [7, 11) is 1.51. The molecule has 12 heteroatoms. The third kappa shape index (κ3) is 5.67. The number of hydrogen-bond donors (Lipinski definition) is 0. The molecule has 0 saturated carbocycles. The molecule has 0 radical (unpaired) electrons. The molecule has 0 aliphatic rings. The van der Waals surface area contributed by atoms with Crippen molar-refractivity contribution in [3.63, 3.8) is 0 Å². The number of halogens is 6. The van der Waals surface area contributed by atoms with Crippen molar-refractivity contribution in [1.29, 1.82) is 0 Å². The first-order valence-electron chi connectivity index (χ1n) is 7.50. The van der Waals surface area contributed by atoms with E-state index in [4.69, 9.17) is 0 Å². The van der Waals surface area contributed by atoms with E-state index in [1.165, 1.54) is 22.8 Å². The van der Waals surface area contributed by atoms with Crippen LogP contribution in [-0.4, -0.2) is 33.2 Å². The number of hydrogen-bond acceptors (Lipinski definition) is 4. The van der Waals surface area contributed by atoms with Gasteiger partial charge in [-0.25, -0.2) is 0 Å². The lowest BCUT2D eigenvalue weighted by Crippen LogP contribution is -2.23. The highest BCUT2D eigenvalue weighted by Gasteiger charge is 2.36. The minimum absolute atomic E-state index is 0.0758. The fraction of sp³-hybridized carbons (Fsp3) is 0.400. The van der Waals surface area contributed by atoms with E-state index in [9.17, 15) is 36.5 Å². The number of rotatable bonds is 6. The number of alkyl halides is 6. The average molecular weight is 396 g/mol. The van der Waals surface area contributed by atoms with Gasteiger partial charge in [-0.3, -0.25) is 14.8 Å². The van der Waals surface area contributed by atoms with E-state index in [1.807, 2.05) is 0 Å². The highest BCUT2D eigenvalue weighted by atomic mass is 19.4. The Morgan fingerprint density at radius 1 is 1.11 bits per heavy atom. The molecule has 0 aliphatic carbocycles. The fourth-order valence-corrected chi connectivity index (χ4v) is 2.34. The lowest BCUT2D eigenvalue weighted by atomic mass is 10.0. The molecule has 2 rings (SSSR count). The molecule has 2 aromatic rings. The first-order valence-corrected chi connectivity index (χ1v) is 7.50. The molecule has 1 aromatic carbocycles. The summed E-state index contributed by atoms with van der Waals surface area (Å²) in [5.41, 5.74) is -3.11. The molecule has 0 N–H and O–H groups in total. The van der Waals surface area contributed by atoms with Gasteiger partial charge < -0.3 is 4.90 Å². The van der Waals surface area contributed by atoms with Crippen molar-refractivity contribution >= 4 is 5.69 Å². The van der Waals surface area contributed by atoms with Crippen molar-refractivity contribution in [2.24, 2.45) is 0 Å². The normalized spacial score (nSPS) is 12.6. The molecule has 0 bridgehead atoms. The van der Waals surface area contributed by atoms with Gasteiger partial charge in [-0.1, -0.05) is 0 Å². The summed E-state index contributed by atoms with van der Waals surface area (Å²) < 4.78 is 78.4. The van der Waals surface area contributed by atoms with Crippen molar-refractivity contribution in [2.75, 3.05) is 13.6 Å². The van der Waals surface area contributed by atoms with Crippen LogP contribution in [0.3, 0.4) is 0 Å². The van der Waals surface area contributed by atoms with Gasteiger partial charge in [0.2, 0.25) is 0 Å². The van der Waals surface area contributed by atoms with Crippen LogP contribution >= 0.6 is 0 Å². The summed E-state index contributed by atoms with van der Waals surface area (Å²) >= 11 is 0. The smallest absolute Gasteiger partial charge is 0.300 e. The molecule has 0 saturated heterocycles. The van der Waals surface area contributed by atoms with Crippen molar-refractivity contribution < 1.29 is 31.3 Å². The molecule has 0 amide bonds. The van der Waals surface area contributed by atoms with E-state index >= 15 is 0 Å². The number of benzene rings is 1. The topological polar surface area (TPSA) is 64.2 Å². The molecular formula is C15H14F6N4O2. The Labute approximate surface area is 149 Å². The Morgan fingerprint density at radius 3 is 2.11 bits per heavy atom. The second kappa shape index (κ2) is 7.55. The Morgan fingerprint density at radius 2 is 1.67 bits per heavy atom. The van der Waals surface area contributed by atoms with Crippen LogP contribution in [0.5, 0.6) is 0 Å². The van der Waals surface area contributed by atoms with Gasteiger partial charge in [0.1, 0.15) is 12.4 Å². The fourth-order valence-electron chi connectivity index (χ4n) is 2.34. The first-order chi connectivity index (χ1) is 12.4. The summed E-state index contributed by atoms with van der Waals surface area (Å²) in [5, 5.41) is 14.3. The molecule has 0 fully saturated rings. The van der Waals surface area contributed by atoms with Gasteiger partial charge in [-0.15, -0.1) is 0 Å². The van der Waals surface area contributed by atoms with Gasteiger partial charge in [-0.2, -0.15) is 31.4 Å². The molecule has 1 aromatic heterocycles. The zero-order valence-corrected chi connectivity index (χ0v) is 13.9. The standard InChI is InChI=1S/C15H14F6N4O2/c1-23(2-3-24-9-13(7-22-24)25(26)27)8-10-4-11(14(16,17)18)6-12(5-10)15(19,20)21/h4-7,9H,2-3,8H2,1H3. The largest absolute Gasteiger partial charge is 0.416 e. The van der Waals surface area contributed by atoms with Crippen molar-refractivity contribution in [3.8, 4) is 0 Å². The zero-order chi connectivity index (χ0) is 20.4. The second-order valence-corrected chi connectivity index (χ2v) is 5.87. The van der Waals surface area contributed by atoms with Crippen LogP contribution in [0.4, 0.5) is 32.0 Å². The lowest BCUT2D eigenvalue weighted by molar-refractivity contribution is -0.385. The molecular weight excluding hydrogens is 382 g/mol. The minimum Gasteiger partial charge on any atom is -0.300 e. The molecule has 0 spiro atoms. The number of nitro groups is 1. The quantitative estimate of drug-likeness (QED) is 0.421. The summed E-state index contributed by atoms with van der Waals surface area (Å²) in [5.74, 6) is 0. The van der Waals surface area contributed by atoms with E-state index in [0.29, 0.717) is 12.1 Å². The van der Waals surface area contributed by atoms with Gasteiger partial charge in [0, 0.05) is 13.1 Å². The predicted octanol–water partition coefficient (Wildman–Crippen LogP) is 3.96. The van der Waals surface area contributed by atoms with Crippen LogP contribution in [0.25, 0.3) is 0 Å². The van der Waals surface area contributed by atoms with Crippen molar-refractivity contribution in [3.05, 3.63) is 57.4 Å². The van der Waals surface area contributed by atoms with Crippen LogP contribution in [0, 0.1) is 10.1 Å². The summed E-state index contributed by atoms with van der Waals surface area (Å²) in [6, 6.07) is 1.42. The average Bonchev–Trinajstić information content (AvgIpc) is 3.00.